The number of ketones is 2. The predicted octanol–water partition coefficient (Wildman–Crippen LogP) is 1.46. The van der Waals surface area contributed by atoms with Gasteiger partial charge in [0.05, 0.1) is 5.41 Å². The highest BCUT2D eigenvalue weighted by Crippen LogP contribution is 2.42. The summed E-state index contributed by atoms with van der Waals surface area (Å²) in [4.78, 5) is 33.6. The van der Waals surface area contributed by atoms with Crippen molar-refractivity contribution in [3.63, 3.8) is 0 Å². The average Bonchev–Trinajstić information content (AvgIpc) is 2.43. The maximum absolute atomic E-state index is 11.5. The van der Waals surface area contributed by atoms with E-state index in [4.69, 9.17) is 0 Å². The zero-order chi connectivity index (χ0) is 10.9. The van der Waals surface area contributed by atoms with Gasteiger partial charge in [0.1, 0.15) is 17.9 Å². The molecule has 0 aliphatic heterocycles. The Kier molecular flexibility index (Phi) is 2.69. The zero-order valence-electron chi connectivity index (χ0n) is 8.72. The summed E-state index contributed by atoms with van der Waals surface area (Å²) >= 11 is 0. The van der Waals surface area contributed by atoms with Gasteiger partial charge >= 0.3 is 0 Å². The summed E-state index contributed by atoms with van der Waals surface area (Å²) in [6, 6.07) is 0. The van der Waals surface area contributed by atoms with Crippen molar-refractivity contribution in [3.8, 4) is 0 Å². The maximum atomic E-state index is 11.5. The molecule has 0 saturated heterocycles. The van der Waals surface area contributed by atoms with Gasteiger partial charge in [-0.1, -0.05) is 5.57 Å². The van der Waals surface area contributed by atoms with Gasteiger partial charge in [-0.15, -0.1) is 0 Å². The van der Waals surface area contributed by atoms with Gasteiger partial charge in [0.2, 0.25) is 0 Å². The van der Waals surface area contributed by atoms with Gasteiger partial charge < -0.3 is 0 Å². The molecule has 0 saturated carbocycles. The molecule has 0 bridgehead atoms. The van der Waals surface area contributed by atoms with Gasteiger partial charge in [-0.2, -0.15) is 0 Å². The third-order valence-corrected chi connectivity index (χ3v) is 3.10. The van der Waals surface area contributed by atoms with Crippen molar-refractivity contribution in [1.82, 2.24) is 0 Å². The molecule has 0 amide bonds. The molecule has 0 spiro atoms. The largest absolute Gasteiger partial charge is 0.299 e. The average molecular weight is 194 g/mol. The smallest absolute Gasteiger partial charge is 0.146 e. The van der Waals surface area contributed by atoms with Crippen molar-refractivity contribution >= 4 is 17.9 Å². The molecular weight excluding hydrogens is 180 g/mol. The van der Waals surface area contributed by atoms with E-state index < -0.39 is 5.41 Å². The van der Waals surface area contributed by atoms with Crippen molar-refractivity contribution in [2.45, 2.75) is 33.6 Å². The van der Waals surface area contributed by atoms with Crippen LogP contribution < -0.4 is 0 Å². The van der Waals surface area contributed by atoms with Gasteiger partial charge in [0.25, 0.3) is 0 Å². The lowest BCUT2D eigenvalue weighted by molar-refractivity contribution is -0.137. The molecule has 0 fully saturated rings. The Labute approximate surface area is 83.2 Å². The monoisotopic (exact) mass is 194 g/mol. The highest BCUT2D eigenvalue weighted by atomic mass is 16.2. The fourth-order valence-electron chi connectivity index (χ4n) is 1.99. The molecule has 0 heterocycles. The summed E-state index contributed by atoms with van der Waals surface area (Å²) in [5.74, 6) is -0.276. The second kappa shape index (κ2) is 3.48. The Morgan fingerprint density at radius 3 is 1.93 bits per heavy atom. The summed E-state index contributed by atoms with van der Waals surface area (Å²) in [6.07, 6.45) is 1.45. The highest BCUT2D eigenvalue weighted by Gasteiger charge is 2.45. The number of Topliss-reactive ketones (excluding diaryl/α,β-unsaturated/α-hetero) is 2. The molecule has 0 aromatic rings. The number of allylic oxidation sites excluding steroid dienone is 2. The Hall–Kier alpha value is -1.25. The topological polar surface area (TPSA) is 51.2 Å². The number of rotatable bonds is 3. The molecule has 1 aliphatic rings. The molecule has 0 unspecified atom stereocenters. The van der Waals surface area contributed by atoms with E-state index in [0.717, 1.165) is 11.9 Å². The van der Waals surface area contributed by atoms with Crippen LogP contribution in [0, 0.1) is 5.41 Å². The van der Waals surface area contributed by atoms with Crippen LogP contribution in [0.15, 0.2) is 11.1 Å². The Morgan fingerprint density at radius 1 is 1.21 bits per heavy atom. The van der Waals surface area contributed by atoms with E-state index in [1.165, 1.54) is 13.8 Å². The molecule has 3 nitrogen and oxygen atoms in total. The van der Waals surface area contributed by atoms with Crippen LogP contribution in [-0.2, 0) is 14.4 Å². The number of carbonyl (C=O) groups is 3. The molecule has 0 atom stereocenters. The minimum absolute atomic E-state index is 0.138. The van der Waals surface area contributed by atoms with E-state index in [1.807, 2.05) is 0 Å². The molecule has 0 N–H and O–H groups in total. The minimum Gasteiger partial charge on any atom is -0.299 e. The lowest BCUT2D eigenvalue weighted by Gasteiger charge is -2.22. The zero-order valence-corrected chi connectivity index (χ0v) is 8.72. The van der Waals surface area contributed by atoms with Crippen molar-refractivity contribution in [1.29, 1.82) is 0 Å². The summed E-state index contributed by atoms with van der Waals surface area (Å²) in [6.45, 7) is 4.64. The lowest BCUT2D eigenvalue weighted by Crippen LogP contribution is -2.34. The van der Waals surface area contributed by atoms with Gasteiger partial charge in [-0.25, -0.2) is 0 Å². The predicted molar refractivity (Wildman–Crippen MR) is 51.8 cm³/mol. The van der Waals surface area contributed by atoms with Crippen molar-refractivity contribution in [2.75, 3.05) is 0 Å². The van der Waals surface area contributed by atoms with Gasteiger partial charge in [0, 0.05) is 0 Å². The first-order valence-corrected chi connectivity index (χ1v) is 4.60. The van der Waals surface area contributed by atoms with Crippen molar-refractivity contribution in [2.24, 2.45) is 5.41 Å². The van der Waals surface area contributed by atoms with Crippen LogP contribution in [0.1, 0.15) is 33.6 Å². The van der Waals surface area contributed by atoms with E-state index in [9.17, 15) is 14.4 Å². The molecule has 1 rings (SSSR count). The molecular formula is C11H14O3. The van der Waals surface area contributed by atoms with Crippen LogP contribution in [0.25, 0.3) is 0 Å². The summed E-state index contributed by atoms with van der Waals surface area (Å²) in [5.41, 5.74) is 0.529. The molecule has 3 heteroatoms. The first-order chi connectivity index (χ1) is 6.44. The van der Waals surface area contributed by atoms with Crippen LogP contribution in [0.4, 0.5) is 0 Å². The van der Waals surface area contributed by atoms with Gasteiger partial charge in [-0.05, 0) is 39.2 Å². The van der Waals surface area contributed by atoms with E-state index >= 15 is 0 Å². The Balaban J connectivity index is 3.07. The number of aldehydes is 1. The molecule has 0 aromatic heterocycles. The number of hydrogen-bond acceptors (Lipinski definition) is 3. The molecule has 0 aromatic carbocycles. The Bertz CT molecular complexity index is 322. The lowest BCUT2D eigenvalue weighted by atomic mass is 9.77. The van der Waals surface area contributed by atoms with E-state index in [0.29, 0.717) is 12.0 Å². The second-order valence-electron chi connectivity index (χ2n) is 3.97. The molecule has 0 radical (unpaired) electrons. The van der Waals surface area contributed by atoms with Crippen LogP contribution in [0.2, 0.25) is 0 Å². The van der Waals surface area contributed by atoms with Crippen molar-refractivity contribution < 1.29 is 14.4 Å². The van der Waals surface area contributed by atoms with E-state index in [1.54, 1.807) is 6.92 Å². The first kappa shape index (κ1) is 10.8. The van der Waals surface area contributed by atoms with Gasteiger partial charge in [0.15, 0.2) is 0 Å². The SMILES string of the molecule is CC(=O)C1(C(C)=O)CC(C)=C(C=O)C1. The standard InChI is InChI=1S/C11H14O3/c1-7-4-11(8(2)13,9(3)14)5-10(7)6-12/h6H,4-5H2,1-3H3. The quantitative estimate of drug-likeness (QED) is 0.505. The minimum atomic E-state index is -0.944. The summed E-state index contributed by atoms with van der Waals surface area (Å²) in [7, 11) is 0. The number of hydrogen-bond donors (Lipinski definition) is 0. The van der Waals surface area contributed by atoms with Crippen LogP contribution in [0.3, 0.4) is 0 Å². The third-order valence-electron chi connectivity index (χ3n) is 3.10. The maximum Gasteiger partial charge on any atom is 0.146 e. The number of carbonyl (C=O) groups excluding carboxylic acids is 3. The fraction of sp³-hybridized carbons (Fsp3) is 0.545. The summed E-state index contributed by atoms with van der Waals surface area (Å²) < 4.78 is 0. The molecule has 14 heavy (non-hydrogen) atoms. The fourth-order valence-corrected chi connectivity index (χ4v) is 1.99. The van der Waals surface area contributed by atoms with E-state index in [2.05, 4.69) is 0 Å². The Morgan fingerprint density at radius 2 is 1.71 bits per heavy atom. The third kappa shape index (κ3) is 1.43. The van der Waals surface area contributed by atoms with Crippen LogP contribution >= 0.6 is 0 Å². The highest BCUT2D eigenvalue weighted by molar-refractivity contribution is 6.07. The normalized spacial score (nSPS) is 19.6. The second-order valence-corrected chi connectivity index (χ2v) is 3.97. The van der Waals surface area contributed by atoms with E-state index in [-0.39, 0.29) is 18.0 Å². The molecule has 76 valence electrons. The van der Waals surface area contributed by atoms with Crippen LogP contribution in [0.5, 0.6) is 0 Å². The first-order valence-electron chi connectivity index (χ1n) is 4.60. The summed E-state index contributed by atoms with van der Waals surface area (Å²) in [5, 5.41) is 0. The van der Waals surface area contributed by atoms with Gasteiger partial charge in [-0.3, -0.25) is 14.4 Å². The van der Waals surface area contributed by atoms with Crippen LogP contribution in [-0.4, -0.2) is 17.9 Å². The van der Waals surface area contributed by atoms with Crippen molar-refractivity contribution in [3.05, 3.63) is 11.1 Å². The molecule has 1 aliphatic carbocycles.